The summed E-state index contributed by atoms with van der Waals surface area (Å²) in [5, 5.41) is 5.57. The Kier molecular flexibility index (Phi) is 7.30. The Balaban J connectivity index is 1.79. The summed E-state index contributed by atoms with van der Waals surface area (Å²) in [4.78, 5) is 43.7. The zero-order valence-electron chi connectivity index (χ0n) is 15.2. The largest absolute Gasteiger partial charge is 0.455 e. The first-order valence-electron chi connectivity index (χ1n) is 8.10. The van der Waals surface area contributed by atoms with E-state index in [4.69, 9.17) is 4.74 Å². The van der Waals surface area contributed by atoms with Gasteiger partial charge in [-0.1, -0.05) is 17.8 Å². The Morgan fingerprint density at radius 1 is 1.11 bits per heavy atom. The number of hydrogen-bond donors (Lipinski definition) is 2. The number of carbonyl (C=O) groups is 3. The van der Waals surface area contributed by atoms with Crippen LogP contribution in [0.1, 0.15) is 21.7 Å². The minimum absolute atomic E-state index is 0.00231. The van der Waals surface area contributed by atoms with Crippen molar-refractivity contribution in [1.29, 1.82) is 0 Å². The topological polar surface area (TPSA) is 110 Å². The van der Waals surface area contributed by atoms with Crippen molar-refractivity contribution in [3.63, 3.8) is 0 Å². The lowest BCUT2D eigenvalue weighted by molar-refractivity contribution is -0.144. The molecular formula is C18H20N4O4S. The van der Waals surface area contributed by atoms with E-state index in [0.717, 1.165) is 23.1 Å². The van der Waals surface area contributed by atoms with Gasteiger partial charge in [0.25, 0.3) is 11.8 Å². The fraction of sp³-hybridized carbons (Fsp3) is 0.278. The third kappa shape index (κ3) is 6.70. The van der Waals surface area contributed by atoms with E-state index in [1.807, 2.05) is 19.9 Å². The first-order chi connectivity index (χ1) is 12.9. The highest BCUT2D eigenvalue weighted by molar-refractivity contribution is 7.99. The Morgan fingerprint density at radius 2 is 1.81 bits per heavy atom. The molecule has 0 radical (unpaired) electrons. The van der Waals surface area contributed by atoms with Crippen LogP contribution in [-0.2, 0) is 14.3 Å². The molecule has 142 valence electrons. The molecule has 0 saturated heterocycles. The van der Waals surface area contributed by atoms with E-state index in [-0.39, 0.29) is 11.7 Å². The van der Waals surface area contributed by atoms with Crippen LogP contribution in [0.3, 0.4) is 0 Å². The molecular weight excluding hydrogens is 368 g/mol. The number of nitrogens with one attached hydrogen (secondary N) is 2. The van der Waals surface area contributed by atoms with Gasteiger partial charge in [-0.05, 0) is 38.1 Å². The molecule has 0 aliphatic heterocycles. The second kappa shape index (κ2) is 9.67. The van der Waals surface area contributed by atoms with Gasteiger partial charge >= 0.3 is 5.97 Å². The summed E-state index contributed by atoms with van der Waals surface area (Å²) < 4.78 is 4.95. The minimum Gasteiger partial charge on any atom is -0.455 e. The predicted octanol–water partition coefficient (Wildman–Crippen LogP) is 1.73. The number of aryl methyl sites for hydroxylation is 2. The minimum atomic E-state index is -0.544. The number of nitrogens with zero attached hydrogens (tertiary/aromatic N) is 2. The van der Waals surface area contributed by atoms with E-state index in [1.165, 1.54) is 13.1 Å². The number of aromatic nitrogens is 2. The van der Waals surface area contributed by atoms with Crippen molar-refractivity contribution < 1.29 is 19.1 Å². The fourth-order valence-electron chi connectivity index (χ4n) is 2.15. The van der Waals surface area contributed by atoms with Crippen molar-refractivity contribution in [2.45, 2.75) is 19.0 Å². The molecule has 0 spiro atoms. The summed E-state index contributed by atoms with van der Waals surface area (Å²) >= 11 is 1.15. The van der Waals surface area contributed by atoms with E-state index < -0.39 is 18.5 Å². The van der Waals surface area contributed by atoms with E-state index in [1.54, 1.807) is 18.2 Å². The average Bonchev–Trinajstić information content (AvgIpc) is 2.63. The molecule has 8 nitrogen and oxygen atoms in total. The third-order valence-electron chi connectivity index (χ3n) is 3.28. The number of esters is 1. The zero-order valence-corrected chi connectivity index (χ0v) is 16.1. The molecule has 9 heteroatoms. The molecule has 2 N–H and O–H groups in total. The maximum absolute atomic E-state index is 11.9. The molecule has 0 atom stereocenters. The van der Waals surface area contributed by atoms with Crippen LogP contribution in [-0.4, -0.2) is 47.2 Å². The molecule has 2 aromatic rings. The van der Waals surface area contributed by atoms with Crippen molar-refractivity contribution >= 4 is 35.2 Å². The Morgan fingerprint density at radius 3 is 2.48 bits per heavy atom. The van der Waals surface area contributed by atoms with Gasteiger partial charge in [-0.15, -0.1) is 0 Å². The lowest BCUT2D eigenvalue weighted by Gasteiger charge is -2.08. The van der Waals surface area contributed by atoms with Crippen molar-refractivity contribution in [2.24, 2.45) is 0 Å². The fourth-order valence-corrected chi connectivity index (χ4v) is 2.90. The number of amides is 2. The number of benzene rings is 1. The Bertz CT molecular complexity index is 837. The third-order valence-corrected chi connectivity index (χ3v) is 4.10. The van der Waals surface area contributed by atoms with Crippen LogP contribution in [0.5, 0.6) is 0 Å². The number of carbonyl (C=O) groups excluding carboxylic acids is 3. The van der Waals surface area contributed by atoms with Crippen LogP contribution in [0.15, 0.2) is 35.5 Å². The van der Waals surface area contributed by atoms with Gasteiger partial charge in [0.2, 0.25) is 0 Å². The lowest BCUT2D eigenvalue weighted by Crippen LogP contribution is -2.22. The van der Waals surface area contributed by atoms with Crippen LogP contribution < -0.4 is 10.6 Å². The maximum Gasteiger partial charge on any atom is 0.316 e. The van der Waals surface area contributed by atoms with Crippen molar-refractivity contribution in [1.82, 2.24) is 15.3 Å². The van der Waals surface area contributed by atoms with Crippen LogP contribution in [0, 0.1) is 13.8 Å². The maximum atomic E-state index is 11.9. The first kappa shape index (κ1) is 20.4. The average molecular weight is 388 g/mol. The van der Waals surface area contributed by atoms with E-state index >= 15 is 0 Å². The van der Waals surface area contributed by atoms with Gasteiger partial charge in [0.15, 0.2) is 11.8 Å². The molecule has 0 saturated carbocycles. The van der Waals surface area contributed by atoms with E-state index in [2.05, 4.69) is 20.6 Å². The highest BCUT2D eigenvalue weighted by Crippen LogP contribution is 2.14. The van der Waals surface area contributed by atoms with Crippen molar-refractivity contribution in [2.75, 3.05) is 24.7 Å². The molecule has 0 fully saturated rings. The molecule has 1 aromatic heterocycles. The Labute approximate surface area is 161 Å². The lowest BCUT2D eigenvalue weighted by atomic mass is 10.2. The molecule has 1 aromatic carbocycles. The molecule has 0 aliphatic carbocycles. The summed E-state index contributed by atoms with van der Waals surface area (Å²) in [6.45, 7) is 3.28. The SMILES string of the molecule is CNC(=O)c1cccc(NC(=O)COC(=O)CSc2nc(C)cc(C)n2)c1. The van der Waals surface area contributed by atoms with Gasteiger partial charge in [-0.25, -0.2) is 9.97 Å². The summed E-state index contributed by atoms with van der Waals surface area (Å²) in [6.07, 6.45) is 0. The summed E-state index contributed by atoms with van der Waals surface area (Å²) in [5.74, 6) is -1.30. The van der Waals surface area contributed by atoms with Crippen LogP contribution in [0.4, 0.5) is 5.69 Å². The molecule has 0 bridgehead atoms. The summed E-state index contributed by atoms with van der Waals surface area (Å²) in [5.41, 5.74) is 2.49. The number of anilines is 1. The molecule has 2 amide bonds. The van der Waals surface area contributed by atoms with Crippen LogP contribution in [0.2, 0.25) is 0 Å². The van der Waals surface area contributed by atoms with Crippen LogP contribution in [0.25, 0.3) is 0 Å². The molecule has 0 aliphatic rings. The van der Waals surface area contributed by atoms with Gasteiger partial charge in [-0.3, -0.25) is 14.4 Å². The normalized spacial score (nSPS) is 10.2. The highest BCUT2D eigenvalue weighted by atomic mass is 32.2. The molecule has 1 heterocycles. The summed E-state index contributed by atoms with van der Waals surface area (Å²) in [7, 11) is 1.52. The second-order valence-corrected chi connectivity index (χ2v) is 6.53. The van der Waals surface area contributed by atoms with Crippen molar-refractivity contribution in [3.05, 3.63) is 47.3 Å². The van der Waals surface area contributed by atoms with Gasteiger partial charge < -0.3 is 15.4 Å². The van der Waals surface area contributed by atoms with Crippen LogP contribution >= 0.6 is 11.8 Å². The predicted molar refractivity (Wildman–Crippen MR) is 102 cm³/mol. The quantitative estimate of drug-likeness (QED) is 0.422. The number of ether oxygens (including phenoxy) is 1. The van der Waals surface area contributed by atoms with E-state index in [9.17, 15) is 14.4 Å². The molecule has 0 unspecified atom stereocenters. The van der Waals surface area contributed by atoms with Gasteiger partial charge in [-0.2, -0.15) is 0 Å². The smallest absolute Gasteiger partial charge is 0.316 e. The number of thioether (sulfide) groups is 1. The zero-order chi connectivity index (χ0) is 19.8. The summed E-state index contributed by atoms with van der Waals surface area (Å²) in [6, 6.07) is 8.28. The molecule has 2 rings (SSSR count). The number of hydrogen-bond acceptors (Lipinski definition) is 7. The second-order valence-electron chi connectivity index (χ2n) is 5.59. The van der Waals surface area contributed by atoms with E-state index in [0.29, 0.717) is 16.4 Å². The number of rotatable bonds is 7. The Hall–Kier alpha value is -2.94. The monoisotopic (exact) mass is 388 g/mol. The molecule has 27 heavy (non-hydrogen) atoms. The first-order valence-corrected chi connectivity index (χ1v) is 9.08. The van der Waals surface area contributed by atoms with Crippen molar-refractivity contribution in [3.8, 4) is 0 Å². The standard InChI is InChI=1S/C18H20N4O4S/c1-11-7-12(2)21-18(20-11)27-10-16(24)26-9-15(23)22-14-6-4-5-13(8-14)17(25)19-3/h4-8H,9-10H2,1-3H3,(H,19,25)(H,22,23). The van der Waals surface area contributed by atoms with Gasteiger partial charge in [0.05, 0.1) is 5.75 Å². The van der Waals surface area contributed by atoms with Gasteiger partial charge in [0, 0.05) is 29.7 Å². The highest BCUT2D eigenvalue weighted by Gasteiger charge is 2.11. The van der Waals surface area contributed by atoms with Gasteiger partial charge in [0.1, 0.15) is 0 Å².